The van der Waals surface area contributed by atoms with Crippen molar-refractivity contribution in [1.82, 2.24) is 14.9 Å². The molecule has 31 heavy (non-hydrogen) atoms. The highest BCUT2D eigenvalue weighted by molar-refractivity contribution is 6.05. The van der Waals surface area contributed by atoms with Crippen LogP contribution in [0, 0.1) is 11.3 Å². The highest BCUT2D eigenvalue weighted by Crippen LogP contribution is 2.25. The van der Waals surface area contributed by atoms with Crippen molar-refractivity contribution in [2.45, 2.75) is 0 Å². The molecule has 1 aromatic carbocycles. The lowest BCUT2D eigenvalue weighted by Gasteiger charge is -2.30. The summed E-state index contributed by atoms with van der Waals surface area (Å²) < 4.78 is 5.69. The Kier molecular flexibility index (Phi) is 4.99. The molecule has 6 rings (SSSR count). The van der Waals surface area contributed by atoms with Gasteiger partial charge in [-0.1, -0.05) is 12.2 Å². The topological polar surface area (TPSA) is 90.0 Å². The van der Waals surface area contributed by atoms with Gasteiger partial charge in [0.05, 0.1) is 29.3 Å². The van der Waals surface area contributed by atoms with Crippen LogP contribution in [0.25, 0.3) is 5.57 Å². The van der Waals surface area contributed by atoms with Crippen LogP contribution in [-0.2, 0) is 0 Å². The van der Waals surface area contributed by atoms with E-state index in [1.807, 2.05) is 18.4 Å². The van der Waals surface area contributed by atoms with Gasteiger partial charge in [0.15, 0.2) is 5.49 Å². The summed E-state index contributed by atoms with van der Waals surface area (Å²) in [5.41, 5.74) is 2.78. The van der Waals surface area contributed by atoms with Crippen molar-refractivity contribution in [3.05, 3.63) is 77.7 Å². The van der Waals surface area contributed by atoms with Gasteiger partial charge < -0.3 is 14.5 Å². The maximum absolute atomic E-state index is 9.36. The van der Waals surface area contributed by atoms with Crippen molar-refractivity contribution in [1.29, 1.82) is 5.26 Å². The van der Waals surface area contributed by atoms with E-state index in [1.165, 1.54) is 0 Å². The Labute approximate surface area is 179 Å². The minimum Gasteiger partial charge on any atom is -0.464 e. The molecule has 0 aliphatic carbocycles. The third-order valence-corrected chi connectivity index (χ3v) is 5.20. The van der Waals surface area contributed by atoms with Gasteiger partial charge in [-0.3, -0.25) is 9.98 Å². The van der Waals surface area contributed by atoms with E-state index in [0.717, 1.165) is 36.2 Å². The molecule has 0 saturated carbocycles. The van der Waals surface area contributed by atoms with Crippen LogP contribution in [0.4, 0.5) is 11.5 Å². The Bertz CT molecular complexity index is 1300. The smallest absolute Gasteiger partial charge is 0.160 e. The van der Waals surface area contributed by atoms with E-state index in [2.05, 4.69) is 48.1 Å². The highest BCUT2D eigenvalue weighted by Gasteiger charge is 2.18. The van der Waals surface area contributed by atoms with Crippen LogP contribution in [0.2, 0.25) is 0 Å². The molecule has 0 radical (unpaired) electrons. The number of allylic oxidation sites excluding steroid dienone is 2. The summed E-state index contributed by atoms with van der Waals surface area (Å²) in [7, 11) is 0. The normalized spacial score (nSPS) is 20.0. The van der Waals surface area contributed by atoms with Crippen LogP contribution in [0.3, 0.4) is 0 Å². The third kappa shape index (κ3) is 3.81. The molecule has 4 aliphatic rings. The standard InChI is InChI=1S/C23H19N7O/c24-13-17-4-5-19-12-20(17)31-11-3-1-2-6-29-7-9-30(10-8-29)23-21-18(14-25-19)15-26-22(21)27-16-28-23/h1-5,7,9,11-12,14,16H,6,8,10,15H2/b2-1-,11-3-,25-14-. The summed E-state index contributed by atoms with van der Waals surface area (Å²) in [4.78, 5) is 22.4. The minimum absolute atomic E-state index is 0.452. The molecule has 0 unspecified atom stereocenters. The molecule has 152 valence electrons. The molecule has 0 N–H and O–H groups in total. The summed E-state index contributed by atoms with van der Waals surface area (Å²) in [5, 5.41) is 10.3. The van der Waals surface area contributed by atoms with Crippen LogP contribution >= 0.6 is 0 Å². The maximum atomic E-state index is 9.36. The van der Waals surface area contributed by atoms with E-state index in [1.54, 1.807) is 37.0 Å². The predicted octanol–water partition coefficient (Wildman–Crippen LogP) is 1.59. The molecule has 8 nitrogen and oxygen atoms in total. The van der Waals surface area contributed by atoms with Crippen molar-refractivity contribution < 1.29 is 4.74 Å². The number of nitrogens with zero attached hydrogens (tertiary/aromatic N) is 7. The van der Waals surface area contributed by atoms with E-state index < -0.39 is 0 Å². The monoisotopic (exact) mass is 409 g/mol. The number of aliphatic imine (C=N–C) groups is 1. The summed E-state index contributed by atoms with van der Waals surface area (Å²) in [6.07, 6.45) is 14.8. The number of benzene rings is 1. The lowest BCUT2D eigenvalue weighted by atomic mass is 10.2. The molecule has 4 aliphatic heterocycles. The van der Waals surface area contributed by atoms with Crippen LogP contribution in [0.15, 0.2) is 71.4 Å². The van der Waals surface area contributed by atoms with Crippen LogP contribution in [0.1, 0.15) is 5.56 Å². The van der Waals surface area contributed by atoms with Gasteiger partial charge in [0.2, 0.25) is 0 Å². The average molecular weight is 409 g/mol. The van der Waals surface area contributed by atoms with Gasteiger partial charge in [-0.25, -0.2) is 9.97 Å². The zero-order valence-electron chi connectivity index (χ0n) is 16.7. The van der Waals surface area contributed by atoms with Crippen LogP contribution in [-0.4, -0.2) is 47.3 Å². The molecule has 2 aromatic rings. The highest BCUT2D eigenvalue weighted by atomic mass is 16.5. The molecule has 0 atom stereocenters. The van der Waals surface area contributed by atoms with Gasteiger partial charge in [-0.05, 0) is 18.2 Å². The van der Waals surface area contributed by atoms with Crippen LogP contribution < -0.4 is 20.3 Å². The Morgan fingerprint density at radius 1 is 1.10 bits per heavy atom. The van der Waals surface area contributed by atoms with Gasteiger partial charge in [0, 0.05) is 49.9 Å². The van der Waals surface area contributed by atoms with Crippen LogP contribution in [0.5, 0.6) is 5.75 Å². The van der Waals surface area contributed by atoms with Crippen molar-refractivity contribution in [3.8, 4) is 11.8 Å². The Hall–Kier alpha value is -4.25. The summed E-state index contributed by atoms with van der Waals surface area (Å²) in [6, 6.07) is 7.40. The number of ether oxygens (including phenoxy) is 1. The third-order valence-electron chi connectivity index (χ3n) is 5.20. The minimum atomic E-state index is 0.452. The lowest BCUT2D eigenvalue weighted by Crippen LogP contribution is -2.41. The number of aromatic nitrogens is 2. The number of nitriles is 1. The second-order valence-corrected chi connectivity index (χ2v) is 7.15. The zero-order chi connectivity index (χ0) is 21.0. The summed E-state index contributed by atoms with van der Waals surface area (Å²) in [5.74, 6) is 1.30. The lowest BCUT2D eigenvalue weighted by molar-refractivity contribution is 0.407. The van der Waals surface area contributed by atoms with E-state index in [4.69, 9.17) is 4.74 Å². The molecule has 1 aromatic heterocycles. The Balaban J connectivity index is 1.63. The second-order valence-electron chi connectivity index (χ2n) is 7.15. The molecular formula is C23H19N7O. The quantitative estimate of drug-likeness (QED) is 0.656. The largest absolute Gasteiger partial charge is 0.464 e. The molecule has 0 saturated heterocycles. The molecule has 8 heteroatoms. The first-order valence-electron chi connectivity index (χ1n) is 9.96. The molecule has 0 amide bonds. The van der Waals surface area contributed by atoms with Gasteiger partial charge >= 0.3 is 0 Å². The van der Waals surface area contributed by atoms with E-state index in [0.29, 0.717) is 29.0 Å². The first-order valence-corrected chi connectivity index (χ1v) is 9.96. The fraction of sp³-hybridized carbons (Fsp3) is 0.174. The predicted molar refractivity (Wildman–Crippen MR) is 117 cm³/mol. The molecule has 5 heterocycles. The average Bonchev–Trinajstić information content (AvgIpc) is 3.23. The van der Waals surface area contributed by atoms with Crippen molar-refractivity contribution >= 4 is 23.3 Å². The van der Waals surface area contributed by atoms with Crippen molar-refractivity contribution in [3.63, 3.8) is 0 Å². The van der Waals surface area contributed by atoms with E-state index >= 15 is 0 Å². The first-order chi connectivity index (χ1) is 15.3. The zero-order valence-corrected chi connectivity index (χ0v) is 16.7. The van der Waals surface area contributed by atoms with Crippen molar-refractivity contribution in [2.24, 2.45) is 9.98 Å². The number of fused-ring (bicyclic) bond motifs is 4. The molecule has 4 bridgehead atoms. The fourth-order valence-electron chi connectivity index (χ4n) is 3.59. The fourth-order valence-corrected chi connectivity index (χ4v) is 3.59. The van der Waals surface area contributed by atoms with Gasteiger partial charge in [0.1, 0.15) is 24.0 Å². The maximum Gasteiger partial charge on any atom is 0.160 e. The second kappa shape index (κ2) is 8.24. The number of hydrogen-bond donors (Lipinski definition) is 0. The summed E-state index contributed by atoms with van der Waals surface area (Å²) in [6.45, 7) is 2.98. The van der Waals surface area contributed by atoms with Gasteiger partial charge in [0.25, 0.3) is 0 Å². The summed E-state index contributed by atoms with van der Waals surface area (Å²) >= 11 is 0. The number of anilines is 1. The SMILES string of the molecule is N#Cc1ccc2cc1O/C=C\C=C/CN1C=CN(CC1)c1ncnc3c1=C(/C=N\2)CN=3. The van der Waals surface area contributed by atoms with E-state index in [9.17, 15) is 5.26 Å². The molecule has 0 fully saturated rings. The number of hydrogen-bond acceptors (Lipinski definition) is 8. The first kappa shape index (κ1) is 18.8. The Morgan fingerprint density at radius 2 is 2.06 bits per heavy atom. The molecule has 0 spiro atoms. The number of rotatable bonds is 0. The molecular weight excluding hydrogens is 390 g/mol. The van der Waals surface area contributed by atoms with Gasteiger partial charge in [-0.2, -0.15) is 5.26 Å². The van der Waals surface area contributed by atoms with Gasteiger partial charge in [-0.15, -0.1) is 0 Å². The van der Waals surface area contributed by atoms with E-state index in [-0.39, 0.29) is 0 Å². The van der Waals surface area contributed by atoms with Crippen molar-refractivity contribution in [2.75, 3.05) is 31.1 Å². The Morgan fingerprint density at radius 3 is 2.94 bits per heavy atom.